The molecule has 1 aromatic heterocycles. The normalized spacial score (nSPS) is 12.6. The number of nitrogens with one attached hydrogen (secondary N) is 1. The molecular weight excluding hydrogens is 266 g/mol. The Morgan fingerprint density at radius 2 is 2.25 bits per heavy atom. The molecule has 0 radical (unpaired) electrons. The monoisotopic (exact) mass is 289 g/mol. The Hall–Kier alpha value is -1.26. The highest BCUT2D eigenvalue weighted by atomic mass is 32.2. The number of benzene rings is 1. The summed E-state index contributed by atoms with van der Waals surface area (Å²) in [6.45, 7) is 6.24. The van der Waals surface area contributed by atoms with Gasteiger partial charge in [0, 0.05) is 42.8 Å². The predicted molar refractivity (Wildman–Crippen MR) is 86.1 cm³/mol. The van der Waals surface area contributed by atoms with Crippen molar-refractivity contribution < 1.29 is 0 Å². The van der Waals surface area contributed by atoms with E-state index in [0.717, 1.165) is 25.3 Å². The zero-order valence-corrected chi connectivity index (χ0v) is 13.3. The van der Waals surface area contributed by atoms with Crippen molar-refractivity contribution in [1.29, 1.82) is 0 Å². The number of aryl methyl sites for hydroxylation is 1. The molecule has 0 aliphatic rings. The molecule has 0 amide bonds. The quantitative estimate of drug-likeness (QED) is 0.793. The number of thioether (sulfide) groups is 1. The fraction of sp³-hybridized carbons (Fsp3) is 0.438. The smallest absolute Gasteiger partial charge is 0.108 e. The SMILES string of the molecule is CCc1nccn1CC(C)NCc1cccc(SC)c1. The molecule has 0 aliphatic carbocycles. The Bertz CT molecular complexity index is 536. The molecule has 2 aromatic rings. The molecule has 0 saturated heterocycles. The van der Waals surface area contributed by atoms with E-state index in [2.05, 4.69) is 65.4 Å². The van der Waals surface area contributed by atoms with Crippen molar-refractivity contribution >= 4 is 11.8 Å². The van der Waals surface area contributed by atoms with Gasteiger partial charge in [0.15, 0.2) is 0 Å². The summed E-state index contributed by atoms with van der Waals surface area (Å²) < 4.78 is 2.23. The fourth-order valence-electron chi connectivity index (χ4n) is 2.25. The second-order valence-corrected chi connectivity index (χ2v) is 5.86. The topological polar surface area (TPSA) is 29.9 Å². The summed E-state index contributed by atoms with van der Waals surface area (Å²) in [4.78, 5) is 5.68. The maximum atomic E-state index is 4.36. The molecule has 0 fully saturated rings. The molecule has 4 heteroatoms. The van der Waals surface area contributed by atoms with Crippen molar-refractivity contribution in [2.75, 3.05) is 6.26 Å². The zero-order valence-electron chi connectivity index (χ0n) is 12.5. The zero-order chi connectivity index (χ0) is 14.4. The molecule has 20 heavy (non-hydrogen) atoms. The predicted octanol–water partition coefficient (Wildman–Crippen LogP) is 3.35. The fourth-order valence-corrected chi connectivity index (χ4v) is 2.74. The minimum absolute atomic E-state index is 0.424. The molecule has 0 spiro atoms. The lowest BCUT2D eigenvalue weighted by Gasteiger charge is -2.16. The number of hydrogen-bond acceptors (Lipinski definition) is 3. The molecule has 1 aromatic carbocycles. The first-order valence-corrected chi connectivity index (χ1v) is 8.31. The number of hydrogen-bond donors (Lipinski definition) is 1. The van der Waals surface area contributed by atoms with Crippen LogP contribution in [-0.2, 0) is 19.5 Å². The van der Waals surface area contributed by atoms with Crippen LogP contribution < -0.4 is 5.32 Å². The van der Waals surface area contributed by atoms with Gasteiger partial charge in [-0.25, -0.2) is 4.98 Å². The molecule has 1 heterocycles. The van der Waals surface area contributed by atoms with E-state index in [9.17, 15) is 0 Å². The number of rotatable bonds is 7. The third kappa shape index (κ3) is 4.12. The summed E-state index contributed by atoms with van der Waals surface area (Å²) in [7, 11) is 0. The first-order chi connectivity index (χ1) is 9.72. The van der Waals surface area contributed by atoms with Crippen LogP contribution in [0.2, 0.25) is 0 Å². The molecule has 0 aliphatic heterocycles. The van der Waals surface area contributed by atoms with Gasteiger partial charge < -0.3 is 9.88 Å². The minimum atomic E-state index is 0.424. The van der Waals surface area contributed by atoms with Crippen LogP contribution in [0.1, 0.15) is 25.2 Å². The average Bonchev–Trinajstić information content (AvgIpc) is 2.92. The third-order valence-corrected chi connectivity index (χ3v) is 4.10. The van der Waals surface area contributed by atoms with E-state index in [-0.39, 0.29) is 0 Å². The standard InChI is InChI=1S/C16H23N3S/c1-4-16-17-8-9-19(16)12-13(2)18-11-14-6-5-7-15(10-14)20-3/h5-10,13,18H,4,11-12H2,1-3H3. The molecule has 3 nitrogen and oxygen atoms in total. The first kappa shape index (κ1) is 15.1. The Balaban J connectivity index is 1.87. The maximum absolute atomic E-state index is 4.36. The van der Waals surface area contributed by atoms with E-state index in [1.165, 1.54) is 10.5 Å². The van der Waals surface area contributed by atoms with Crippen LogP contribution in [0.4, 0.5) is 0 Å². The maximum Gasteiger partial charge on any atom is 0.108 e. The number of imidazole rings is 1. The van der Waals surface area contributed by atoms with Crippen molar-refractivity contribution in [2.45, 2.75) is 44.3 Å². The molecule has 2 rings (SSSR count). The summed E-state index contributed by atoms with van der Waals surface area (Å²) in [6, 6.07) is 9.12. The van der Waals surface area contributed by atoms with Crippen LogP contribution in [-0.4, -0.2) is 21.8 Å². The molecule has 108 valence electrons. The summed E-state index contributed by atoms with van der Waals surface area (Å²) in [5, 5.41) is 3.58. The summed E-state index contributed by atoms with van der Waals surface area (Å²) in [5.41, 5.74) is 1.34. The van der Waals surface area contributed by atoms with Gasteiger partial charge in [0.2, 0.25) is 0 Å². The van der Waals surface area contributed by atoms with E-state index < -0.39 is 0 Å². The highest BCUT2D eigenvalue weighted by molar-refractivity contribution is 7.98. The van der Waals surface area contributed by atoms with Gasteiger partial charge >= 0.3 is 0 Å². The minimum Gasteiger partial charge on any atom is -0.333 e. The van der Waals surface area contributed by atoms with Gasteiger partial charge in [-0.15, -0.1) is 11.8 Å². The highest BCUT2D eigenvalue weighted by Crippen LogP contribution is 2.15. The number of nitrogens with zero attached hydrogens (tertiary/aromatic N) is 2. The van der Waals surface area contributed by atoms with Crippen molar-refractivity contribution in [3.63, 3.8) is 0 Å². The molecule has 0 bridgehead atoms. The van der Waals surface area contributed by atoms with Crippen LogP contribution in [0.5, 0.6) is 0 Å². The van der Waals surface area contributed by atoms with E-state index in [0.29, 0.717) is 6.04 Å². The van der Waals surface area contributed by atoms with E-state index in [4.69, 9.17) is 0 Å². The van der Waals surface area contributed by atoms with Crippen LogP contribution >= 0.6 is 11.8 Å². The van der Waals surface area contributed by atoms with Gasteiger partial charge in [-0.1, -0.05) is 19.1 Å². The molecule has 1 unspecified atom stereocenters. The lowest BCUT2D eigenvalue weighted by molar-refractivity contribution is 0.467. The first-order valence-electron chi connectivity index (χ1n) is 7.09. The summed E-state index contributed by atoms with van der Waals surface area (Å²) in [5.74, 6) is 1.16. The van der Waals surface area contributed by atoms with E-state index in [1.807, 2.05) is 6.20 Å². The van der Waals surface area contributed by atoms with Crippen molar-refractivity contribution in [3.05, 3.63) is 48.0 Å². The van der Waals surface area contributed by atoms with Crippen LogP contribution in [0.25, 0.3) is 0 Å². The highest BCUT2D eigenvalue weighted by Gasteiger charge is 2.06. The van der Waals surface area contributed by atoms with E-state index >= 15 is 0 Å². The van der Waals surface area contributed by atoms with Crippen molar-refractivity contribution in [2.24, 2.45) is 0 Å². The van der Waals surface area contributed by atoms with Crippen molar-refractivity contribution in [3.8, 4) is 0 Å². The second-order valence-electron chi connectivity index (χ2n) is 4.98. The Morgan fingerprint density at radius 1 is 1.40 bits per heavy atom. The van der Waals surface area contributed by atoms with Gasteiger partial charge in [-0.05, 0) is 30.9 Å². The van der Waals surface area contributed by atoms with Crippen LogP contribution in [0.3, 0.4) is 0 Å². The lowest BCUT2D eigenvalue weighted by Crippen LogP contribution is -2.30. The van der Waals surface area contributed by atoms with Gasteiger partial charge in [0.1, 0.15) is 5.82 Å². The molecule has 0 saturated carbocycles. The summed E-state index contributed by atoms with van der Waals surface area (Å²) in [6.07, 6.45) is 7.04. The number of aromatic nitrogens is 2. The second kappa shape index (κ2) is 7.50. The molecule has 1 atom stereocenters. The van der Waals surface area contributed by atoms with Gasteiger partial charge in [0.25, 0.3) is 0 Å². The molecular formula is C16H23N3S. The van der Waals surface area contributed by atoms with Gasteiger partial charge in [-0.3, -0.25) is 0 Å². The van der Waals surface area contributed by atoms with Crippen molar-refractivity contribution in [1.82, 2.24) is 14.9 Å². The Morgan fingerprint density at radius 3 is 3.00 bits per heavy atom. The lowest BCUT2D eigenvalue weighted by atomic mass is 10.2. The van der Waals surface area contributed by atoms with E-state index in [1.54, 1.807) is 11.8 Å². The van der Waals surface area contributed by atoms with Gasteiger partial charge in [-0.2, -0.15) is 0 Å². The third-order valence-electron chi connectivity index (χ3n) is 3.38. The Kier molecular flexibility index (Phi) is 5.68. The average molecular weight is 289 g/mol. The van der Waals surface area contributed by atoms with Crippen LogP contribution in [0, 0.1) is 0 Å². The van der Waals surface area contributed by atoms with Crippen LogP contribution in [0.15, 0.2) is 41.6 Å². The molecule has 1 N–H and O–H groups in total. The van der Waals surface area contributed by atoms with Gasteiger partial charge in [0.05, 0.1) is 0 Å². The largest absolute Gasteiger partial charge is 0.333 e. The Labute approximate surface area is 125 Å². The summed E-state index contributed by atoms with van der Waals surface area (Å²) >= 11 is 1.79.